The predicted molar refractivity (Wildman–Crippen MR) is 76.6 cm³/mol. The van der Waals surface area contributed by atoms with Gasteiger partial charge in [-0.1, -0.05) is 44.4 Å². The van der Waals surface area contributed by atoms with Gasteiger partial charge in [0, 0.05) is 5.54 Å². The molecule has 0 aliphatic heterocycles. The number of hydrogen-bond donors (Lipinski definition) is 1. The van der Waals surface area contributed by atoms with Gasteiger partial charge in [0.25, 0.3) is 0 Å². The summed E-state index contributed by atoms with van der Waals surface area (Å²) in [5, 5.41) is 0. The standard InChI is InChI=1S/C17H25N/c1-2-13-5-4-10-17(18,12-13)16-9-8-14-6-3-7-15(14)11-16/h8-9,11,13H,2-7,10,12,18H2,1H3. The fourth-order valence-corrected chi connectivity index (χ4v) is 3.92. The van der Waals surface area contributed by atoms with Crippen LogP contribution in [0.1, 0.15) is 62.1 Å². The average molecular weight is 243 g/mol. The minimum atomic E-state index is -0.0451. The topological polar surface area (TPSA) is 26.0 Å². The Morgan fingerprint density at radius 2 is 2.06 bits per heavy atom. The van der Waals surface area contributed by atoms with Crippen LogP contribution < -0.4 is 5.73 Å². The summed E-state index contributed by atoms with van der Waals surface area (Å²) in [6.07, 6.45) is 10.2. The largest absolute Gasteiger partial charge is 0.321 e. The van der Waals surface area contributed by atoms with Gasteiger partial charge in [0.2, 0.25) is 0 Å². The molecule has 0 heterocycles. The van der Waals surface area contributed by atoms with E-state index in [0.717, 1.165) is 5.92 Å². The molecule has 1 saturated carbocycles. The van der Waals surface area contributed by atoms with Crippen molar-refractivity contribution in [3.8, 4) is 0 Å². The molecule has 2 aliphatic rings. The zero-order chi connectivity index (χ0) is 12.6. The summed E-state index contributed by atoms with van der Waals surface area (Å²) in [6.45, 7) is 2.30. The molecule has 1 aromatic rings. The van der Waals surface area contributed by atoms with Crippen molar-refractivity contribution in [3.63, 3.8) is 0 Å². The van der Waals surface area contributed by atoms with Gasteiger partial charge in [0.05, 0.1) is 0 Å². The summed E-state index contributed by atoms with van der Waals surface area (Å²) in [5.74, 6) is 0.831. The van der Waals surface area contributed by atoms with Crippen molar-refractivity contribution in [3.05, 3.63) is 34.9 Å². The molecule has 0 spiro atoms. The minimum absolute atomic E-state index is 0.0451. The highest BCUT2D eigenvalue weighted by Crippen LogP contribution is 2.40. The van der Waals surface area contributed by atoms with Crippen molar-refractivity contribution in [2.24, 2.45) is 11.7 Å². The molecule has 1 heteroatoms. The predicted octanol–water partition coefficient (Wildman–Crippen LogP) is 3.93. The Balaban J connectivity index is 1.88. The third kappa shape index (κ3) is 2.09. The lowest BCUT2D eigenvalue weighted by Crippen LogP contribution is -2.41. The van der Waals surface area contributed by atoms with Gasteiger partial charge in [0.1, 0.15) is 0 Å². The molecule has 2 unspecified atom stereocenters. The van der Waals surface area contributed by atoms with E-state index in [4.69, 9.17) is 5.73 Å². The number of rotatable bonds is 2. The van der Waals surface area contributed by atoms with Crippen LogP contribution in [0.15, 0.2) is 18.2 Å². The van der Waals surface area contributed by atoms with Gasteiger partial charge in [-0.3, -0.25) is 0 Å². The number of benzene rings is 1. The Kier molecular flexibility index (Phi) is 3.19. The highest BCUT2D eigenvalue weighted by atomic mass is 14.8. The second kappa shape index (κ2) is 4.70. The molecule has 1 aromatic carbocycles. The molecule has 2 N–H and O–H groups in total. The van der Waals surface area contributed by atoms with E-state index < -0.39 is 0 Å². The molecule has 1 nitrogen and oxygen atoms in total. The molecule has 0 aromatic heterocycles. The molecular formula is C17H25N. The van der Waals surface area contributed by atoms with Crippen LogP contribution in [0.5, 0.6) is 0 Å². The van der Waals surface area contributed by atoms with Gasteiger partial charge < -0.3 is 5.73 Å². The maximum absolute atomic E-state index is 6.74. The Labute approximate surface area is 111 Å². The van der Waals surface area contributed by atoms with Gasteiger partial charge in [-0.2, -0.15) is 0 Å². The molecule has 98 valence electrons. The van der Waals surface area contributed by atoms with E-state index in [2.05, 4.69) is 25.1 Å². The lowest BCUT2D eigenvalue weighted by molar-refractivity contribution is 0.221. The van der Waals surface area contributed by atoms with Crippen molar-refractivity contribution in [2.75, 3.05) is 0 Å². The molecule has 0 amide bonds. The van der Waals surface area contributed by atoms with Crippen LogP contribution >= 0.6 is 0 Å². The third-order valence-corrected chi connectivity index (χ3v) is 5.14. The Morgan fingerprint density at radius 1 is 1.22 bits per heavy atom. The highest BCUT2D eigenvalue weighted by Gasteiger charge is 2.34. The first-order chi connectivity index (χ1) is 8.71. The summed E-state index contributed by atoms with van der Waals surface area (Å²) in [4.78, 5) is 0. The number of nitrogens with two attached hydrogens (primary N) is 1. The third-order valence-electron chi connectivity index (χ3n) is 5.14. The Hall–Kier alpha value is -0.820. The van der Waals surface area contributed by atoms with E-state index in [9.17, 15) is 0 Å². The molecule has 0 bridgehead atoms. The molecule has 18 heavy (non-hydrogen) atoms. The Bertz CT molecular complexity index is 437. The fraction of sp³-hybridized carbons (Fsp3) is 0.647. The maximum Gasteiger partial charge on any atom is 0.0412 e. The lowest BCUT2D eigenvalue weighted by Gasteiger charge is -2.38. The summed E-state index contributed by atoms with van der Waals surface area (Å²) in [5.41, 5.74) is 11.2. The molecule has 1 fully saturated rings. The number of fused-ring (bicyclic) bond motifs is 1. The van der Waals surface area contributed by atoms with Gasteiger partial charge in [-0.15, -0.1) is 0 Å². The van der Waals surface area contributed by atoms with E-state index >= 15 is 0 Å². The van der Waals surface area contributed by atoms with Gasteiger partial charge in [0.15, 0.2) is 0 Å². The van der Waals surface area contributed by atoms with E-state index in [1.807, 2.05) is 0 Å². The van der Waals surface area contributed by atoms with Crippen LogP contribution in [-0.2, 0) is 18.4 Å². The second-order valence-corrected chi connectivity index (χ2v) is 6.36. The van der Waals surface area contributed by atoms with Crippen molar-refractivity contribution in [1.82, 2.24) is 0 Å². The second-order valence-electron chi connectivity index (χ2n) is 6.36. The SMILES string of the molecule is CCC1CCCC(N)(c2ccc3c(c2)CCC3)C1. The van der Waals surface area contributed by atoms with E-state index in [1.54, 1.807) is 11.1 Å². The molecule has 2 aliphatic carbocycles. The van der Waals surface area contributed by atoms with Crippen molar-refractivity contribution in [2.45, 2.75) is 63.8 Å². The summed E-state index contributed by atoms with van der Waals surface area (Å²) in [7, 11) is 0. The fourth-order valence-electron chi connectivity index (χ4n) is 3.92. The van der Waals surface area contributed by atoms with Crippen LogP contribution in [-0.4, -0.2) is 0 Å². The molecular weight excluding hydrogens is 218 g/mol. The first-order valence-corrected chi connectivity index (χ1v) is 7.62. The Morgan fingerprint density at radius 3 is 2.89 bits per heavy atom. The van der Waals surface area contributed by atoms with Crippen LogP contribution in [0, 0.1) is 5.92 Å². The first-order valence-electron chi connectivity index (χ1n) is 7.62. The number of aryl methyl sites for hydroxylation is 2. The zero-order valence-electron chi connectivity index (χ0n) is 11.5. The highest BCUT2D eigenvalue weighted by molar-refractivity contribution is 5.38. The quantitative estimate of drug-likeness (QED) is 0.837. The van der Waals surface area contributed by atoms with Crippen molar-refractivity contribution < 1.29 is 0 Å². The number of hydrogen-bond acceptors (Lipinski definition) is 1. The normalized spacial score (nSPS) is 31.3. The average Bonchev–Trinajstić information content (AvgIpc) is 2.86. The van der Waals surface area contributed by atoms with Gasteiger partial charge in [-0.25, -0.2) is 0 Å². The lowest BCUT2D eigenvalue weighted by atomic mass is 9.71. The van der Waals surface area contributed by atoms with Crippen LogP contribution in [0.4, 0.5) is 0 Å². The van der Waals surface area contributed by atoms with Crippen molar-refractivity contribution >= 4 is 0 Å². The first kappa shape index (κ1) is 12.2. The maximum atomic E-state index is 6.74. The monoisotopic (exact) mass is 243 g/mol. The van der Waals surface area contributed by atoms with E-state index in [1.165, 1.54) is 56.9 Å². The molecule has 3 rings (SSSR count). The van der Waals surface area contributed by atoms with Crippen LogP contribution in [0.2, 0.25) is 0 Å². The molecule has 0 saturated heterocycles. The summed E-state index contributed by atoms with van der Waals surface area (Å²) >= 11 is 0. The van der Waals surface area contributed by atoms with Crippen molar-refractivity contribution in [1.29, 1.82) is 0 Å². The smallest absolute Gasteiger partial charge is 0.0412 e. The summed E-state index contributed by atoms with van der Waals surface area (Å²) < 4.78 is 0. The van der Waals surface area contributed by atoms with E-state index in [-0.39, 0.29) is 5.54 Å². The van der Waals surface area contributed by atoms with Gasteiger partial charge in [-0.05, 0) is 54.7 Å². The molecule has 2 atom stereocenters. The van der Waals surface area contributed by atoms with Crippen LogP contribution in [0.3, 0.4) is 0 Å². The molecule has 0 radical (unpaired) electrons. The van der Waals surface area contributed by atoms with Crippen LogP contribution in [0.25, 0.3) is 0 Å². The minimum Gasteiger partial charge on any atom is -0.321 e. The summed E-state index contributed by atoms with van der Waals surface area (Å²) in [6, 6.07) is 7.06. The zero-order valence-corrected chi connectivity index (χ0v) is 11.5. The van der Waals surface area contributed by atoms with E-state index in [0.29, 0.717) is 0 Å². The van der Waals surface area contributed by atoms with Gasteiger partial charge >= 0.3 is 0 Å².